The van der Waals surface area contributed by atoms with Gasteiger partial charge < -0.3 is 14.8 Å². The zero-order valence-corrected chi connectivity index (χ0v) is 9.67. The molecule has 1 heterocycles. The zero-order chi connectivity index (χ0) is 13.1. The van der Waals surface area contributed by atoms with Gasteiger partial charge in [0, 0.05) is 35.8 Å². The molecule has 0 atom stereocenters. The van der Waals surface area contributed by atoms with Gasteiger partial charge in [-0.15, -0.1) is 0 Å². The van der Waals surface area contributed by atoms with E-state index >= 15 is 0 Å². The summed E-state index contributed by atoms with van der Waals surface area (Å²) in [6.45, 7) is 0.663. The molecule has 2 N–H and O–H groups in total. The highest BCUT2D eigenvalue weighted by atomic mass is 16.4. The van der Waals surface area contributed by atoms with Crippen LogP contribution in [0, 0.1) is 0 Å². The number of hydrogen-bond donors (Lipinski definition) is 2. The maximum Gasteiger partial charge on any atom is 0.335 e. The first-order valence-electron chi connectivity index (χ1n) is 5.59. The molecule has 94 valence electrons. The lowest BCUT2D eigenvalue weighted by atomic mass is 10.1. The fourth-order valence-corrected chi connectivity index (χ4v) is 1.98. The van der Waals surface area contributed by atoms with E-state index in [1.165, 1.54) is 12.1 Å². The zero-order valence-electron chi connectivity index (χ0n) is 9.67. The van der Waals surface area contributed by atoms with Crippen LogP contribution in [0.1, 0.15) is 27.1 Å². The van der Waals surface area contributed by atoms with Crippen molar-refractivity contribution in [1.29, 1.82) is 0 Å². The van der Waals surface area contributed by atoms with Crippen LogP contribution in [0.2, 0.25) is 0 Å². The van der Waals surface area contributed by atoms with Gasteiger partial charge in [-0.25, -0.2) is 4.79 Å². The topological polar surface area (TPSA) is 79.5 Å². The molecule has 0 radical (unpaired) electrons. The number of rotatable bonds is 5. The van der Waals surface area contributed by atoms with E-state index in [9.17, 15) is 9.59 Å². The standard InChI is InChI=1S/C13H13NO4/c15-5-1-4-14-7-10(8-16)11-6-9(13(17)18)2-3-12(11)14/h2-3,6-8,15H,1,4-5H2,(H,17,18). The van der Waals surface area contributed by atoms with Crippen LogP contribution in [0.3, 0.4) is 0 Å². The van der Waals surface area contributed by atoms with Crippen LogP contribution in [0.25, 0.3) is 10.9 Å². The average molecular weight is 247 g/mol. The summed E-state index contributed by atoms with van der Waals surface area (Å²) in [6, 6.07) is 4.69. The Bertz CT molecular complexity index is 600. The Morgan fingerprint density at radius 2 is 2.17 bits per heavy atom. The van der Waals surface area contributed by atoms with Gasteiger partial charge in [0.15, 0.2) is 6.29 Å². The summed E-state index contributed by atoms with van der Waals surface area (Å²) < 4.78 is 1.85. The van der Waals surface area contributed by atoms with Gasteiger partial charge in [0.1, 0.15) is 0 Å². The molecule has 0 aliphatic rings. The van der Waals surface area contributed by atoms with Gasteiger partial charge in [-0.3, -0.25) is 4.79 Å². The normalized spacial score (nSPS) is 10.7. The van der Waals surface area contributed by atoms with Crippen LogP contribution < -0.4 is 0 Å². The molecule has 2 aromatic rings. The minimum atomic E-state index is -1.02. The number of aliphatic hydroxyl groups is 1. The van der Waals surface area contributed by atoms with Crippen LogP contribution in [0.15, 0.2) is 24.4 Å². The third-order valence-electron chi connectivity index (χ3n) is 2.84. The molecule has 0 aliphatic carbocycles. The van der Waals surface area contributed by atoms with Crippen LogP contribution in [-0.2, 0) is 6.54 Å². The predicted octanol–water partition coefficient (Wildman–Crippen LogP) is 1.53. The van der Waals surface area contributed by atoms with E-state index in [1.54, 1.807) is 12.3 Å². The number of carbonyl (C=O) groups is 2. The number of hydrogen-bond acceptors (Lipinski definition) is 3. The van der Waals surface area contributed by atoms with E-state index in [2.05, 4.69) is 0 Å². The fraction of sp³-hybridized carbons (Fsp3) is 0.231. The Kier molecular flexibility index (Phi) is 3.43. The van der Waals surface area contributed by atoms with Gasteiger partial charge in [0.2, 0.25) is 0 Å². The molecule has 0 bridgehead atoms. The largest absolute Gasteiger partial charge is 0.478 e. The molecule has 1 aromatic carbocycles. The second-order valence-electron chi connectivity index (χ2n) is 4.01. The highest BCUT2D eigenvalue weighted by molar-refractivity contribution is 6.01. The second-order valence-corrected chi connectivity index (χ2v) is 4.01. The maximum absolute atomic E-state index is 11.0. The number of carbonyl (C=O) groups excluding carboxylic acids is 1. The van der Waals surface area contributed by atoms with Crippen molar-refractivity contribution in [2.45, 2.75) is 13.0 Å². The van der Waals surface area contributed by atoms with Crippen molar-refractivity contribution in [3.8, 4) is 0 Å². The molecular formula is C13H13NO4. The number of aryl methyl sites for hydroxylation is 1. The van der Waals surface area contributed by atoms with Crippen LogP contribution in [0.5, 0.6) is 0 Å². The first-order chi connectivity index (χ1) is 8.67. The molecule has 0 fully saturated rings. The Hall–Kier alpha value is -2.14. The van der Waals surface area contributed by atoms with Crippen LogP contribution in [-0.4, -0.2) is 33.6 Å². The van der Waals surface area contributed by atoms with Gasteiger partial charge in [0.05, 0.1) is 5.56 Å². The highest BCUT2D eigenvalue weighted by Gasteiger charge is 2.11. The van der Waals surface area contributed by atoms with Crippen molar-refractivity contribution in [3.05, 3.63) is 35.5 Å². The van der Waals surface area contributed by atoms with Gasteiger partial charge in [0.25, 0.3) is 0 Å². The number of aromatic nitrogens is 1. The Morgan fingerprint density at radius 1 is 1.39 bits per heavy atom. The molecule has 0 aliphatic heterocycles. The van der Waals surface area contributed by atoms with Gasteiger partial charge in [-0.1, -0.05) is 0 Å². The van der Waals surface area contributed by atoms with E-state index in [0.29, 0.717) is 30.2 Å². The number of aldehydes is 1. The minimum absolute atomic E-state index is 0.0727. The molecule has 0 spiro atoms. The molecule has 0 saturated carbocycles. The maximum atomic E-state index is 11.0. The third-order valence-corrected chi connectivity index (χ3v) is 2.84. The van der Waals surface area contributed by atoms with Crippen molar-refractivity contribution in [2.75, 3.05) is 6.61 Å². The summed E-state index contributed by atoms with van der Waals surface area (Å²) in [6.07, 6.45) is 2.98. The summed E-state index contributed by atoms with van der Waals surface area (Å²) in [5.41, 5.74) is 1.42. The second kappa shape index (κ2) is 5.01. The minimum Gasteiger partial charge on any atom is -0.478 e. The SMILES string of the molecule is O=Cc1cn(CCCO)c2ccc(C(=O)O)cc12. The van der Waals surface area contributed by atoms with Gasteiger partial charge >= 0.3 is 5.97 Å². The fourth-order valence-electron chi connectivity index (χ4n) is 1.98. The number of nitrogens with zero attached hydrogens (tertiary/aromatic N) is 1. The highest BCUT2D eigenvalue weighted by Crippen LogP contribution is 2.22. The van der Waals surface area contributed by atoms with Crippen molar-refractivity contribution >= 4 is 23.2 Å². The number of benzene rings is 1. The van der Waals surface area contributed by atoms with E-state index in [-0.39, 0.29) is 12.2 Å². The lowest BCUT2D eigenvalue weighted by Gasteiger charge is -2.03. The Morgan fingerprint density at radius 3 is 2.78 bits per heavy atom. The molecule has 5 heteroatoms. The van der Waals surface area contributed by atoms with E-state index < -0.39 is 5.97 Å². The monoisotopic (exact) mass is 247 g/mol. The average Bonchev–Trinajstić information content (AvgIpc) is 2.73. The van der Waals surface area contributed by atoms with Crippen molar-refractivity contribution in [2.24, 2.45) is 0 Å². The molecule has 2 rings (SSSR count). The first kappa shape index (κ1) is 12.3. The van der Waals surface area contributed by atoms with E-state index in [0.717, 1.165) is 5.52 Å². The van der Waals surface area contributed by atoms with Gasteiger partial charge in [-0.05, 0) is 24.6 Å². The molecule has 18 heavy (non-hydrogen) atoms. The Balaban J connectivity index is 2.56. The van der Waals surface area contributed by atoms with Crippen LogP contribution in [0.4, 0.5) is 0 Å². The van der Waals surface area contributed by atoms with Gasteiger partial charge in [-0.2, -0.15) is 0 Å². The third kappa shape index (κ3) is 2.12. The van der Waals surface area contributed by atoms with Crippen LogP contribution >= 0.6 is 0 Å². The number of carboxylic acid groups (broad SMARTS) is 1. The lowest BCUT2D eigenvalue weighted by Crippen LogP contribution is -1.99. The summed E-state index contributed by atoms with van der Waals surface area (Å²) in [7, 11) is 0. The Labute approximate surface area is 103 Å². The van der Waals surface area contributed by atoms with Crippen molar-refractivity contribution in [1.82, 2.24) is 4.57 Å². The first-order valence-corrected chi connectivity index (χ1v) is 5.59. The quantitative estimate of drug-likeness (QED) is 0.785. The predicted molar refractivity (Wildman–Crippen MR) is 66.0 cm³/mol. The summed E-state index contributed by atoms with van der Waals surface area (Å²) in [5, 5.41) is 18.4. The smallest absolute Gasteiger partial charge is 0.335 e. The summed E-state index contributed by atoms with van der Waals surface area (Å²) >= 11 is 0. The number of carboxylic acids is 1. The molecule has 0 amide bonds. The van der Waals surface area contributed by atoms with Crippen molar-refractivity contribution < 1.29 is 19.8 Å². The summed E-state index contributed by atoms with van der Waals surface area (Å²) in [4.78, 5) is 21.9. The van der Waals surface area contributed by atoms with E-state index in [4.69, 9.17) is 10.2 Å². The molecule has 0 saturated heterocycles. The van der Waals surface area contributed by atoms with E-state index in [1.807, 2.05) is 4.57 Å². The molecule has 5 nitrogen and oxygen atoms in total. The summed E-state index contributed by atoms with van der Waals surface area (Å²) in [5.74, 6) is -1.02. The van der Waals surface area contributed by atoms with Crippen molar-refractivity contribution in [3.63, 3.8) is 0 Å². The number of fused-ring (bicyclic) bond motifs is 1. The lowest BCUT2D eigenvalue weighted by molar-refractivity contribution is 0.0697. The molecule has 0 unspecified atom stereocenters. The number of aromatic carboxylic acids is 1. The molecular weight excluding hydrogens is 234 g/mol. The number of aliphatic hydroxyl groups excluding tert-OH is 1. The molecule has 1 aromatic heterocycles.